The van der Waals surface area contributed by atoms with Gasteiger partial charge in [0.15, 0.2) is 0 Å². The van der Waals surface area contributed by atoms with Crippen LogP contribution in [0.2, 0.25) is 0 Å². The lowest BCUT2D eigenvalue weighted by molar-refractivity contribution is -0.384. The number of hydrogen-bond donors (Lipinski definition) is 2. The number of benzene rings is 1. The van der Waals surface area contributed by atoms with Crippen LogP contribution in [0.3, 0.4) is 0 Å². The van der Waals surface area contributed by atoms with Gasteiger partial charge in [0.1, 0.15) is 5.82 Å². The molecular weight excluding hydrogens is 312 g/mol. The van der Waals surface area contributed by atoms with Gasteiger partial charge in [0.05, 0.1) is 4.92 Å². The number of aromatic nitrogens is 1. The molecule has 2 aromatic rings. The number of nitrogens with zero attached hydrogens (tertiary/aromatic N) is 2. The van der Waals surface area contributed by atoms with Crippen LogP contribution < -0.4 is 10.6 Å². The molecule has 0 unspecified atom stereocenters. The van der Waals surface area contributed by atoms with Crippen molar-refractivity contribution in [1.29, 1.82) is 0 Å². The molecule has 98 valence electrons. The molecule has 0 fully saturated rings. The standard InChI is InChI=1S/C12H11BrN4O2/c1-14-11-6-5-10(17(18)19)12(16-11)15-9-4-2-3-8(13)7-9/h2-7H,1H3,(H2,14,15,16). The zero-order valence-electron chi connectivity index (χ0n) is 10.1. The van der Waals surface area contributed by atoms with E-state index in [1.165, 1.54) is 6.07 Å². The summed E-state index contributed by atoms with van der Waals surface area (Å²) in [6.45, 7) is 0. The van der Waals surface area contributed by atoms with E-state index in [1.807, 2.05) is 24.3 Å². The van der Waals surface area contributed by atoms with E-state index in [1.54, 1.807) is 13.1 Å². The molecule has 1 aromatic heterocycles. The zero-order valence-corrected chi connectivity index (χ0v) is 11.6. The summed E-state index contributed by atoms with van der Waals surface area (Å²) >= 11 is 3.34. The maximum atomic E-state index is 11.0. The van der Waals surface area contributed by atoms with Crippen molar-refractivity contribution in [2.24, 2.45) is 0 Å². The minimum absolute atomic E-state index is 0.0704. The van der Waals surface area contributed by atoms with Crippen molar-refractivity contribution in [2.45, 2.75) is 0 Å². The summed E-state index contributed by atoms with van der Waals surface area (Å²) in [5.74, 6) is 0.762. The predicted molar refractivity (Wildman–Crippen MR) is 77.9 cm³/mol. The van der Waals surface area contributed by atoms with E-state index in [-0.39, 0.29) is 11.5 Å². The van der Waals surface area contributed by atoms with Gasteiger partial charge >= 0.3 is 5.69 Å². The molecule has 2 rings (SSSR count). The fraction of sp³-hybridized carbons (Fsp3) is 0.0833. The van der Waals surface area contributed by atoms with E-state index < -0.39 is 4.92 Å². The van der Waals surface area contributed by atoms with E-state index in [2.05, 4.69) is 31.5 Å². The van der Waals surface area contributed by atoms with E-state index in [0.717, 1.165) is 10.2 Å². The molecule has 0 radical (unpaired) electrons. The largest absolute Gasteiger partial charge is 0.373 e. The second-order valence-corrected chi connectivity index (χ2v) is 4.62. The number of rotatable bonds is 4. The first-order valence-corrected chi connectivity index (χ1v) is 6.25. The summed E-state index contributed by atoms with van der Waals surface area (Å²) in [5.41, 5.74) is 0.650. The van der Waals surface area contributed by atoms with Crippen molar-refractivity contribution in [3.8, 4) is 0 Å². The number of halogens is 1. The SMILES string of the molecule is CNc1ccc([N+](=O)[O-])c(Nc2cccc(Br)c2)n1. The van der Waals surface area contributed by atoms with E-state index >= 15 is 0 Å². The van der Waals surface area contributed by atoms with Crippen molar-refractivity contribution in [1.82, 2.24) is 4.98 Å². The van der Waals surface area contributed by atoms with E-state index in [4.69, 9.17) is 0 Å². The molecule has 0 saturated heterocycles. The fourth-order valence-corrected chi connectivity index (χ4v) is 1.93. The molecule has 7 heteroatoms. The maximum Gasteiger partial charge on any atom is 0.311 e. The minimum Gasteiger partial charge on any atom is -0.373 e. The van der Waals surface area contributed by atoms with Crippen molar-refractivity contribution in [3.63, 3.8) is 0 Å². The Morgan fingerprint density at radius 3 is 2.74 bits per heavy atom. The van der Waals surface area contributed by atoms with Crippen LogP contribution in [0.1, 0.15) is 0 Å². The molecule has 0 saturated carbocycles. The van der Waals surface area contributed by atoms with Crippen LogP contribution >= 0.6 is 15.9 Å². The third-order valence-electron chi connectivity index (χ3n) is 2.41. The van der Waals surface area contributed by atoms with E-state index in [9.17, 15) is 10.1 Å². The van der Waals surface area contributed by atoms with Crippen LogP contribution in [0.25, 0.3) is 0 Å². The van der Waals surface area contributed by atoms with Gasteiger partial charge in [-0.3, -0.25) is 10.1 Å². The second-order valence-electron chi connectivity index (χ2n) is 3.71. The van der Waals surface area contributed by atoms with Crippen LogP contribution in [0.5, 0.6) is 0 Å². The zero-order chi connectivity index (χ0) is 13.8. The summed E-state index contributed by atoms with van der Waals surface area (Å²) in [6.07, 6.45) is 0. The topological polar surface area (TPSA) is 80.1 Å². The fourth-order valence-electron chi connectivity index (χ4n) is 1.53. The van der Waals surface area contributed by atoms with Gasteiger partial charge in [-0.2, -0.15) is 0 Å². The second kappa shape index (κ2) is 5.66. The molecule has 0 aliphatic heterocycles. The van der Waals surface area contributed by atoms with Crippen LogP contribution in [-0.4, -0.2) is 17.0 Å². The molecule has 1 aromatic carbocycles. The van der Waals surface area contributed by atoms with Crippen LogP contribution in [0, 0.1) is 10.1 Å². The van der Waals surface area contributed by atoms with Gasteiger partial charge in [0.2, 0.25) is 5.82 Å². The van der Waals surface area contributed by atoms with Crippen molar-refractivity contribution >= 4 is 38.9 Å². The Labute approximate surface area is 118 Å². The molecule has 0 amide bonds. The highest BCUT2D eigenvalue weighted by atomic mass is 79.9. The highest BCUT2D eigenvalue weighted by Crippen LogP contribution is 2.28. The summed E-state index contributed by atoms with van der Waals surface area (Å²) in [7, 11) is 1.71. The molecular formula is C12H11BrN4O2. The Kier molecular flexibility index (Phi) is 3.96. The highest BCUT2D eigenvalue weighted by Gasteiger charge is 2.16. The molecule has 0 atom stereocenters. The number of nitrogens with one attached hydrogen (secondary N) is 2. The Morgan fingerprint density at radius 1 is 1.32 bits per heavy atom. The number of anilines is 3. The average molecular weight is 323 g/mol. The van der Waals surface area contributed by atoms with Gasteiger partial charge < -0.3 is 10.6 Å². The molecule has 0 spiro atoms. The highest BCUT2D eigenvalue weighted by molar-refractivity contribution is 9.10. The summed E-state index contributed by atoms with van der Waals surface area (Å²) < 4.78 is 0.880. The Balaban J connectivity index is 2.39. The van der Waals surface area contributed by atoms with Gasteiger partial charge in [-0.1, -0.05) is 22.0 Å². The van der Waals surface area contributed by atoms with Crippen LogP contribution in [-0.2, 0) is 0 Å². The first kappa shape index (κ1) is 13.3. The predicted octanol–water partition coefficient (Wildman–Crippen LogP) is 3.54. The van der Waals surface area contributed by atoms with Crippen molar-refractivity contribution in [3.05, 3.63) is 51.0 Å². The smallest absolute Gasteiger partial charge is 0.311 e. The Bertz CT molecular complexity index is 618. The average Bonchev–Trinajstić information content (AvgIpc) is 2.38. The number of nitro groups is 1. The third-order valence-corrected chi connectivity index (χ3v) is 2.91. The van der Waals surface area contributed by atoms with Crippen molar-refractivity contribution in [2.75, 3.05) is 17.7 Å². The van der Waals surface area contributed by atoms with Crippen molar-refractivity contribution < 1.29 is 4.92 Å². The first-order chi connectivity index (χ1) is 9.10. The number of hydrogen-bond acceptors (Lipinski definition) is 5. The van der Waals surface area contributed by atoms with Gasteiger partial charge in [-0.25, -0.2) is 4.98 Å². The lowest BCUT2D eigenvalue weighted by Crippen LogP contribution is -2.02. The molecule has 0 bridgehead atoms. The lowest BCUT2D eigenvalue weighted by Gasteiger charge is -2.08. The molecule has 19 heavy (non-hydrogen) atoms. The maximum absolute atomic E-state index is 11.0. The van der Waals surface area contributed by atoms with Crippen LogP contribution in [0.15, 0.2) is 40.9 Å². The quantitative estimate of drug-likeness (QED) is 0.664. The van der Waals surface area contributed by atoms with Gasteiger partial charge in [-0.15, -0.1) is 0 Å². The summed E-state index contributed by atoms with van der Waals surface area (Å²) in [5, 5.41) is 16.8. The Hall–Kier alpha value is -2.15. The minimum atomic E-state index is -0.466. The molecule has 6 nitrogen and oxygen atoms in total. The molecule has 0 aliphatic rings. The summed E-state index contributed by atoms with van der Waals surface area (Å²) in [4.78, 5) is 14.7. The van der Waals surface area contributed by atoms with Gasteiger partial charge in [-0.05, 0) is 24.3 Å². The third kappa shape index (κ3) is 3.19. The summed E-state index contributed by atoms with van der Waals surface area (Å²) in [6, 6.07) is 10.3. The number of pyridine rings is 1. The van der Waals surface area contributed by atoms with Gasteiger partial charge in [0.25, 0.3) is 0 Å². The molecule has 1 heterocycles. The molecule has 0 aliphatic carbocycles. The molecule has 2 N–H and O–H groups in total. The first-order valence-electron chi connectivity index (χ1n) is 5.46. The lowest BCUT2D eigenvalue weighted by atomic mass is 10.3. The monoisotopic (exact) mass is 322 g/mol. The van der Waals surface area contributed by atoms with E-state index in [0.29, 0.717) is 5.82 Å². The Morgan fingerprint density at radius 2 is 2.11 bits per heavy atom. The van der Waals surface area contributed by atoms with Crippen LogP contribution in [0.4, 0.5) is 23.0 Å². The normalized spacial score (nSPS) is 10.0. The van der Waals surface area contributed by atoms with Gasteiger partial charge in [0, 0.05) is 23.3 Å².